The first-order chi connectivity index (χ1) is 28.4. The van der Waals surface area contributed by atoms with Crippen molar-refractivity contribution in [3.05, 3.63) is 104 Å². The van der Waals surface area contributed by atoms with E-state index in [1.807, 2.05) is 34.1 Å². The number of halogens is 4. The molecule has 4 aromatic carbocycles. The molecule has 2 aliphatic rings. The fraction of sp³-hybridized carbons (Fsp3) is 0.273. The molecule has 2 saturated heterocycles. The Morgan fingerprint density at radius 1 is 0.644 bits per heavy atom. The van der Waals surface area contributed by atoms with Crippen LogP contribution in [-0.4, -0.2) is 72.7 Å². The number of nitrogens with zero attached hydrogens (tertiary/aromatic N) is 2. The summed E-state index contributed by atoms with van der Waals surface area (Å²) in [4.78, 5) is 54.5. The molecule has 15 heteroatoms. The third-order valence-electron chi connectivity index (χ3n) is 10.1. The van der Waals surface area contributed by atoms with Crippen LogP contribution in [-0.2, 0) is 19.2 Å². The van der Waals surface area contributed by atoms with Gasteiger partial charge in [0.2, 0.25) is 23.6 Å². The monoisotopic (exact) mass is 892 g/mol. The number of anilines is 2. The van der Waals surface area contributed by atoms with E-state index in [-0.39, 0.29) is 23.6 Å². The average molecular weight is 895 g/mol. The number of carbonyl (C=O) groups excluding carboxylic acids is 4. The van der Waals surface area contributed by atoms with Crippen LogP contribution in [0.2, 0.25) is 20.1 Å². The zero-order valence-corrected chi connectivity index (χ0v) is 36.0. The highest BCUT2D eigenvalue weighted by Gasteiger charge is 2.22. The van der Waals surface area contributed by atoms with E-state index in [4.69, 9.17) is 57.9 Å². The number of rotatable bonds is 16. The normalized spacial score (nSPS) is 14.3. The number of benzene rings is 4. The topological polar surface area (TPSA) is 151 Å². The highest BCUT2D eigenvalue weighted by Crippen LogP contribution is 2.47. The maximum absolute atomic E-state index is 12.9. The second kappa shape index (κ2) is 20.5. The van der Waals surface area contributed by atoms with Crippen LogP contribution >= 0.6 is 58.2 Å². The van der Waals surface area contributed by atoms with Gasteiger partial charge >= 0.3 is 0 Å². The summed E-state index contributed by atoms with van der Waals surface area (Å²) in [6.45, 7) is 3.59. The van der Waals surface area contributed by atoms with E-state index >= 15 is 0 Å². The number of nitrogen functional groups attached to an aromatic ring is 2. The molecule has 0 aromatic heterocycles. The molecule has 0 saturated carbocycles. The van der Waals surface area contributed by atoms with Crippen molar-refractivity contribution < 1.29 is 19.2 Å². The highest BCUT2D eigenvalue weighted by atomic mass is 35.5. The predicted molar refractivity (Wildman–Crippen MR) is 242 cm³/mol. The largest absolute Gasteiger partial charge is 0.397 e. The minimum absolute atomic E-state index is 0.157. The summed E-state index contributed by atoms with van der Waals surface area (Å²) >= 11 is 27.4. The quantitative estimate of drug-likeness (QED) is 0.0498. The van der Waals surface area contributed by atoms with Crippen molar-refractivity contribution in [1.82, 2.24) is 20.4 Å². The van der Waals surface area contributed by atoms with Crippen molar-refractivity contribution in [3.8, 4) is 22.3 Å². The lowest BCUT2D eigenvalue weighted by Crippen LogP contribution is -2.29. The van der Waals surface area contributed by atoms with E-state index in [0.717, 1.165) is 25.9 Å². The number of nitrogens with two attached hydrogens (primary N) is 2. The van der Waals surface area contributed by atoms with Crippen molar-refractivity contribution >= 4 is 105 Å². The molecule has 59 heavy (non-hydrogen) atoms. The van der Waals surface area contributed by atoms with Crippen molar-refractivity contribution in [2.24, 2.45) is 0 Å². The van der Waals surface area contributed by atoms with Gasteiger partial charge in [-0.05, 0) is 85.4 Å². The molecular formula is C44H44Cl4N6O4S. The van der Waals surface area contributed by atoms with Gasteiger partial charge in [-0.1, -0.05) is 82.4 Å². The zero-order valence-electron chi connectivity index (χ0n) is 32.2. The molecule has 4 aromatic rings. The van der Waals surface area contributed by atoms with Gasteiger partial charge in [0.1, 0.15) is 0 Å². The summed E-state index contributed by atoms with van der Waals surface area (Å²) in [6.07, 6.45) is 10.5. The Kier molecular flexibility index (Phi) is 15.3. The Morgan fingerprint density at radius 2 is 1.07 bits per heavy atom. The number of carbonyl (C=O) groups is 4. The maximum Gasteiger partial charge on any atom is 0.244 e. The Morgan fingerprint density at radius 3 is 1.44 bits per heavy atom. The molecule has 308 valence electrons. The average Bonchev–Trinajstić information content (AvgIpc) is 3.82. The maximum atomic E-state index is 12.9. The summed E-state index contributed by atoms with van der Waals surface area (Å²) in [6, 6.07) is 17.7. The van der Waals surface area contributed by atoms with Crippen LogP contribution in [0, 0.1) is 0 Å². The minimum Gasteiger partial charge on any atom is -0.397 e. The summed E-state index contributed by atoms with van der Waals surface area (Å²) in [5.41, 5.74) is 18.5. The van der Waals surface area contributed by atoms with Gasteiger partial charge in [0.15, 0.2) is 0 Å². The van der Waals surface area contributed by atoms with E-state index < -0.39 is 0 Å². The van der Waals surface area contributed by atoms with Crippen LogP contribution in [0.3, 0.4) is 0 Å². The van der Waals surface area contributed by atoms with Crippen molar-refractivity contribution in [2.45, 2.75) is 48.3 Å². The van der Waals surface area contributed by atoms with Crippen LogP contribution in [0.1, 0.15) is 49.7 Å². The number of amides is 4. The van der Waals surface area contributed by atoms with Gasteiger partial charge in [-0.15, -0.1) is 0 Å². The van der Waals surface area contributed by atoms with Crippen LogP contribution in [0.25, 0.3) is 34.4 Å². The van der Waals surface area contributed by atoms with E-state index in [0.29, 0.717) is 126 Å². The molecule has 2 fully saturated rings. The van der Waals surface area contributed by atoms with Crippen molar-refractivity contribution in [3.63, 3.8) is 0 Å². The van der Waals surface area contributed by atoms with Gasteiger partial charge in [-0.3, -0.25) is 19.2 Å². The third-order valence-corrected chi connectivity index (χ3v) is 12.3. The van der Waals surface area contributed by atoms with E-state index in [9.17, 15) is 19.2 Å². The molecule has 6 N–H and O–H groups in total. The molecule has 0 atom stereocenters. The molecule has 0 bridgehead atoms. The standard InChI is InChI=1S/C44H44Cl4N6O4S/c45-29-11-13-31(33(47)25-29)41-27(9-17-37(55)51-19-3-23-53-21-1-5-39(53)57)7-15-35(43(41)49)59-36-16-8-28(42(44(36)50)32-14-12-30(46)26-34(32)48)10-18-38(56)52-20-4-24-54-22-2-6-40(54)58/h7-18,25-26H,1-6,19-24,49-50H2,(H,51,55)(H,52,56). The van der Waals surface area contributed by atoms with Crippen LogP contribution < -0.4 is 22.1 Å². The molecule has 0 spiro atoms. The van der Waals surface area contributed by atoms with Gasteiger partial charge in [-0.2, -0.15) is 0 Å². The molecule has 2 heterocycles. The van der Waals surface area contributed by atoms with Gasteiger partial charge in [0, 0.05) is 116 Å². The molecule has 10 nitrogen and oxygen atoms in total. The van der Waals surface area contributed by atoms with Gasteiger partial charge in [0.05, 0.1) is 11.4 Å². The second-order valence-corrected chi connectivity index (χ2v) is 16.9. The molecule has 0 aliphatic carbocycles. The minimum atomic E-state index is -0.286. The first-order valence-electron chi connectivity index (χ1n) is 19.3. The first-order valence-corrected chi connectivity index (χ1v) is 21.6. The second-order valence-electron chi connectivity index (χ2n) is 14.2. The number of nitrogens with one attached hydrogen (secondary N) is 2. The SMILES string of the molecule is Nc1c(Sc2ccc(C=CC(=O)NCCCN3CCCC3=O)c(-c3ccc(Cl)cc3Cl)c2N)ccc(C=CC(=O)NCCCN2CCCC2=O)c1-c1ccc(Cl)cc1Cl. The molecule has 0 radical (unpaired) electrons. The van der Waals surface area contributed by atoms with Crippen LogP contribution in [0.4, 0.5) is 11.4 Å². The van der Waals surface area contributed by atoms with Crippen LogP contribution in [0.5, 0.6) is 0 Å². The Balaban J connectivity index is 1.25. The fourth-order valence-electron chi connectivity index (χ4n) is 7.09. The lowest BCUT2D eigenvalue weighted by atomic mass is 9.97. The number of likely N-dealkylation sites (tertiary alicyclic amines) is 2. The predicted octanol–water partition coefficient (Wildman–Crippen LogP) is 9.23. The molecule has 2 aliphatic heterocycles. The summed E-state index contributed by atoms with van der Waals surface area (Å²) in [5.74, 6) is -0.259. The third kappa shape index (κ3) is 11.3. The summed E-state index contributed by atoms with van der Waals surface area (Å²) in [7, 11) is 0. The first kappa shape index (κ1) is 43.9. The summed E-state index contributed by atoms with van der Waals surface area (Å²) < 4.78 is 0. The fourth-order valence-corrected chi connectivity index (χ4v) is 9.03. The number of hydrogen-bond donors (Lipinski definition) is 4. The zero-order chi connectivity index (χ0) is 42.1. The van der Waals surface area contributed by atoms with E-state index in [2.05, 4.69) is 10.6 Å². The van der Waals surface area contributed by atoms with Gasteiger partial charge < -0.3 is 31.9 Å². The lowest BCUT2D eigenvalue weighted by molar-refractivity contribution is -0.128. The Hall–Kier alpha value is -4.65. The van der Waals surface area contributed by atoms with Crippen molar-refractivity contribution in [1.29, 1.82) is 0 Å². The molecule has 0 unspecified atom stereocenters. The molecular weight excluding hydrogens is 850 g/mol. The number of hydrogen-bond acceptors (Lipinski definition) is 7. The summed E-state index contributed by atoms with van der Waals surface area (Å²) in [5, 5.41) is 7.45. The van der Waals surface area contributed by atoms with Crippen molar-refractivity contribution in [2.75, 3.05) is 50.7 Å². The van der Waals surface area contributed by atoms with Gasteiger partial charge in [-0.25, -0.2) is 0 Å². The Bertz CT molecular complexity index is 2160. The highest BCUT2D eigenvalue weighted by molar-refractivity contribution is 7.99. The van der Waals surface area contributed by atoms with Crippen LogP contribution in [0.15, 0.2) is 82.6 Å². The molecule has 4 amide bonds. The van der Waals surface area contributed by atoms with Gasteiger partial charge in [0.25, 0.3) is 0 Å². The van der Waals surface area contributed by atoms with E-state index in [1.54, 1.807) is 48.6 Å². The Labute approximate surface area is 368 Å². The molecule has 6 rings (SSSR count). The van der Waals surface area contributed by atoms with E-state index in [1.165, 1.54) is 23.9 Å². The lowest BCUT2D eigenvalue weighted by Gasteiger charge is -2.19. The smallest absolute Gasteiger partial charge is 0.244 e.